The van der Waals surface area contributed by atoms with Gasteiger partial charge in [-0.15, -0.1) is 0 Å². The average molecular weight is 639 g/mol. The highest BCUT2D eigenvalue weighted by atomic mass is 35.5. The van der Waals surface area contributed by atoms with Crippen LogP contribution in [0.25, 0.3) is 0 Å². The normalized spacial score (nSPS) is 12.2. The van der Waals surface area contributed by atoms with Crippen LogP contribution in [0.1, 0.15) is 37.5 Å². The Balaban J connectivity index is 2.08. The van der Waals surface area contributed by atoms with Crippen LogP contribution in [0.3, 0.4) is 0 Å². The third-order valence-corrected chi connectivity index (χ3v) is 9.45. The summed E-state index contributed by atoms with van der Waals surface area (Å²) in [4.78, 5) is 28.4. The number of hydrogen-bond donors (Lipinski definition) is 1. The number of carbonyl (C=O) groups is 2. The van der Waals surface area contributed by atoms with Crippen molar-refractivity contribution in [2.75, 3.05) is 17.4 Å². The van der Waals surface area contributed by atoms with Crippen molar-refractivity contribution in [2.24, 2.45) is 5.92 Å². The molecule has 7 nitrogen and oxygen atoms in total. The highest BCUT2D eigenvalue weighted by Crippen LogP contribution is 2.29. The molecule has 0 bridgehead atoms. The first-order valence-corrected chi connectivity index (χ1v) is 15.7. The summed E-state index contributed by atoms with van der Waals surface area (Å²) in [6, 6.07) is 14.9. The number of rotatable bonds is 11. The minimum atomic E-state index is -4.21. The minimum absolute atomic E-state index is 0.0312. The highest BCUT2D eigenvalue weighted by molar-refractivity contribution is 7.92. The van der Waals surface area contributed by atoms with Gasteiger partial charge in [0.2, 0.25) is 11.8 Å². The van der Waals surface area contributed by atoms with Gasteiger partial charge in [-0.05, 0) is 86.3 Å². The van der Waals surface area contributed by atoms with Crippen molar-refractivity contribution >= 4 is 62.3 Å². The summed E-state index contributed by atoms with van der Waals surface area (Å²) >= 11 is 18.9. The molecule has 0 aliphatic rings. The van der Waals surface area contributed by atoms with E-state index in [0.717, 1.165) is 15.4 Å². The number of amides is 2. The molecule has 0 heterocycles. The number of carbonyl (C=O) groups excluding carboxylic acids is 2. The molecule has 0 aliphatic heterocycles. The van der Waals surface area contributed by atoms with Crippen LogP contribution in [-0.2, 0) is 26.2 Å². The van der Waals surface area contributed by atoms with Crippen molar-refractivity contribution in [1.29, 1.82) is 0 Å². The Hall–Kier alpha value is -2.78. The molecule has 0 saturated heterocycles. The van der Waals surface area contributed by atoms with Crippen LogP contribution in [0.15, 0.2) is 65.6 Å². The van der Waals surface area contributed by atoms with Gasteiger partial charge in [-0.25, -0.2) is 8.42 Å². The summed E-state index contributed by atoms with van der Waals surface area (Å²) < 4.78 is 28.9. The van der Waals surface area contributed by atoms with E-state index < -0.39 is 28.5 Å². The van der Waals surface area contributed by atoms with Crippen molar-refractivity contribution in [3.05, 3.63) is 92.4 Å². The molecule has 220 valence electrons. The smallest absolute Gasteiger partial charge is 0.264 e. The first kappa shape index (κ1) is 32.7. The van der Waals surface area contributed by atoms with Gasteiger partial charge in [0.15, 0.2) is 0 Å². The van der Waals surface area contributed by atoms with Crippen molar-refractivity contribution < 1.29 is 18.0 Å². The van der Waals surface area contributed by atoms with Gasteiger partial charge < -0.3 is 10.2 Å². The third kappa shape index (κ3) is 8.16. The Kier molecular flexibility index (Phi) is 11.1. The lowest BCUT2D eigenvalue weighted by Crippen LogP contribution is -2.51. The number of anilines is 1. The molecule has 0 saturated carbocycles. The first-order chi connectivity index (χ1) is 19.2. The fourth-order valence-electron chi connectivity index (χ4n) is 4.03. The zero-order valence-electron chi connectivity index (χ0n) is 23.6. The molecule has 11 heteroatoms. The Morgan fingerprint density at radius 1 is 0.878 bits per heavy atom. The quantitative estimate of drug-likeness (QED) is 0.255. The van der Waals surface area contributed by atoms with E-state index in [4.69, 9.17) is 34.8 Å². The Bertz CT molecular complexity index is 1490. The van der Waals surface area contributed by atoms with Gasteiger partial charge in [-0.1, -0.05) is 60.8 Å². The number of sulfonamides is 1. The zero-order chi connectivity index (χ0) is 30.5. The molecule has 3 rings (SSSR count). The van der Waals surface area contributed by atoms with E-state index in [2.05, 4.69) is 5.32 Å². The fourth-order valence-corrected chi connectivity index (χ4v) is 6.08. The second-order valence-electron chi connectivity index (χ2n) is 10.3. The Morgan fingerprint density at radius 3 is 2.05 bits per heavy atom. The molecule has 1 atom stereocenters. The standard InChI is InChI=1S/C30H34Cl3N3O4S/c1-19(2)16-34-30(38)22(5)35(17-26-27(32)7-6-8-28(26)33)29(37)18-36(24-12-9-20(3)21(4)15-24)41(39,40)25-13-10-23(31)11-14-25/h6-15,19,22H,16-18H2,1-5H3,(H,34,38). The van der Waals surface area contributed by atoms with E-state index in [-0.39, 0.29) is 23.3 Å². The summed E-state index contributed by atoms with van der Waals surface area (Å²) in [5.41, 5.74) is 2.58. The minimum Gasteiger partial charge on any atom is -0.354 e. The number of halogens is 3. The fraction of sp³-hybridized carbons (Fsp3) is 0.333. The lowest BCUT2D eigenvalue weighted by molar-refractivity contribution is -0.139. The molecule has 0 aliphatic carbocycles. The second kappa shape index (κ2) is 13.9. The zero-order valence-corrected chi connectivity index (χ0v) is 26.7. The first-order valence-electron chi connectivity index (χ1n) is 13.1. The lowest BCUT2D eigenvalue weighted by atomic mass is 10.1. The summed E-state index contributed by atoms with van der Waals surface area (Å²) in [7, 11) is -4.21. The predicted octanol–water partition coefficient (Wildman–Crippen LogP) is 6.65. The molecule has 3 aromatic rings. The second-order valence-corrected chi connectivity index (χ2v) is 13.4. The maximum absolute atomic E-state index is 14.1. The Morgan fingerprint density at radius 2 is 1.49 bits per heavy atom. The van der Waals surface area contributed by atoms with Gasteiger partial charge in [-0.3, -0.25) is 13.9 Å². The summed E-state index contributed by atoms with van der Waals surface area (Å²) in [6.45, 7) is 9.02. The van der Waals surface area contributed by atoms with Crippen molar-refractivity contribution in [2.45, 2.75) is 52.1 Å². The molecular formula is C30H34Cl3N3O4S. The van der Waals surface area contributed by atoms with Crippen molar-refractivity contribution in [3.63, 3.8) is 0 Å². The largest absolute Gasteiger partial charge is 0.354 e. The molecule has 2 amide bonds. The molecule has 0 spiro atoms. The van der Waals surface area contributed by atoms with Crippen LogP contribution in [0.2, 0.25) is 15.1 Å². The van der Waals surface area contributed by atoms with Gasteiger partial charge in [0.25, 0.3) is 10.0 Å². The summed E-state index contributed by atoms with van der Waals surface area (Å²) in [6.07, 6.45) is 0. The van der Waals surface area contributed by atoms with Crippen LogP contribution in [-0.4, -0.2) is 44.3 Å². The van der Waals surface area contributed by atoms with E-state index in [0.29, 0.717) is 32.9 Å². The molecule has 1 N–H and O–H groups in total. The van der Waals surface area contributed by atoms with Crippen LogP contribution >= 0.6 is 34.8 Å². The predicted molar refractivity (Wildman–Crippen MR) is 166 cm³/mol. The lowest BCUT2D eigenvalue weighted by Gasteiger charge is -2.32. The Labute approximate surface area is 257 Å². The van der Waals surface area contributed by atoms with E-state index in [1.165, 1.54) is 29.2 Å². The van der Waals surface area contributed by atoms with Crippen LogP contribution in [0.4, 0.5) is 5.69 Å². The molecular weight excluding hydrogens is 605 g/mol. The summed E-state index contributed by atoms with van der Waals surface area (Å²) in [5.74, 6) is -0.796. The number of nitrogens with one attached hydrogen (secondary N) is 1. The van der Waals surface area contributed by atoms with Gasteiger partial charge in [0.1, 0.15) is 12.6 Å². The van der Waals surface area contributed by atoms with E-state index in [1.54, 1.807) is 43.3 Å². The van der Waals surface area contributed by atoms with Crippen LogP contribution in [0, 0.1) is 19.8 Å². The van der Waals surface area contributed by atoms with Crippen LogP contribution in [0.5, 0.6) is 0 Å². The molecule has 0 fully saturated rings. The van der Waals surface area contributed by atoms with Gasteiger partial charge >= 0.3 is 0 Å². The molecule has 41 heavy (non-hydrogen) atoms. The van der Waals surface area contributed by atoms with Gasteiger partial charge in [-0.2, -0.15) is 0 Å². The molecule has 3 aromatic carbocycles. The molecule has 0 radical (unpaired) electrons. The van der Waals surface area contributed by atoms with E-state index in [9.17, 15) is 18.0 Å². The van der Waals surface area contributed by atoms with Gasteiger partial charge in [0, 0.05) is 33.7 Å². The van der Waals surface area contributed by atoms with Crippen molar-refractivity contribution in [1.82, 2.24) is 10.2 Å². The SMILES string of the molecule is Cc1ccc(N(CC(=O)N(Cc2c(Cl)cccc2Cl)C(C)C(=O)NCC(C)C)S(=O)(=O)c2ccc(Cl)cc2)cc1C. The maximum Gasteiger partial charge on any atom is 0.264 e. The number of nitrogens with zero attached hydrogens (tertiary/aromatic N) is 2. The number of hydrogen-bond acceptors (Lipinski definition) is 4. The van der Waals surface area contributed by atoms with Crippen LogP contribution < -0.4 is 9.62 Å². The van der Waals surface area contributed by atoms with E-state index >= 15 is 0 Å². The maximum atomic E-state index is 14.1. The van der Waals surface area contributed by atoms with E-state index in [1.807, 2.05) is 27.7 Å². The topological polar surface area (TPSA) is 86.8 Å². The molecule has 0 aromatic heterocycles. The molecule has 1 unspecified atom stereocenters. The summed E-state index contributed by atoms with van der Waals surface area (Å²) in [5, 5.41) is 3.87. The average Bonchev–Trinajstić information content (AvgIpc) is 2.91. The van der Waals surface area contributed by atoms with Gasteiger partial charge in [0.05, 0.1) is 10.6 Å². The highest BCUT2D eigenvalue weighted by Gasteiger charge is 2.33. The number of aryl methyl sites for hydroxylation is 2. The number of benzene rings is 3. The van der Waals surface area contributed by atoms with Crippen molar-refractivity contribution in [3.8, 4) is 0 Å². The monoisotopic (exact) mass is 637 g/mol. The third-order valence-electron chi connectivity index (χ3n) is 6.70.